The van der Waals surface area contributed by atoms with Gasteiger partial charge in [0.1, 0.15) is 12.1 Å². The van der Waals surface area contributed by atoms with Gasteiger partial charge in [0.15, 0.2) is 0 Å². The van der Waals surface area contributed by atoms with Gasteiger partial charge in [0, 0.05) is 0 Å². The van der Waals surface area contributed by atoms with Crippen LogP contribution in [0.3, 0.4) is 0 Å². The van der Waals surface area contributed by atoms with Gasteiger partial charge in [-0.05, 0) is 37.5 Å². The molecule has 0 radical (unpaired) electrons. The van der Waals surface area contributed by atoms with Crippen molar-refractivity contribution in [2.45, 2.75) is 42.5 Å². The molecule has 0 aliphatic carbocycles. The molecule has 3 amide bonds. The Kier molecular flexibility index (Phi) is 5.25. The number of hydrogen-bond acceptors (Lipinski definition) is 6. The smallest absolute Gasteiger partial charge is 0.330 e. The number of nitrogens with zero attached hydrogens (tertiary/aromatic N) is 2. The maximum atomic E-state index is 13.7. The summed E-state index contributed by atoms with van der Waals surface area (Å²) in [6.45, 7) is 1.94. The molecule has 0 N–H and O–H groups in total. The quantitative estimate of drug-likeness (QED) is 0.526. The lowest BCUT2D eigenvalue weighted by atomic mass is 9.97. The van der Waals surface area contributed by atoms with Crippen molar-refractivity contribution in [3.8, 4) is 0 Å². The molecule has 4 atom stereocenters. The van der Waals surface area contributed by atoms with Crippen molar-refractivity contribution in [2.75, 3.05) is 6.61 Å². The highest BCUT2D eigenvalue weighted by atomic mass is 32.2. The van der Waals surface area contributed by atoms with Crippen LogP contribution in [0.5, 0.6) is 0 Å². The van der Waals surface area contributed by atoms with Gasteiger partial charge in [-0.2, -0.15) is 0 Å². The summed E-state index contributed by atoms with van der Waals surface area (Å²) in [6, 6.07) is 14.5. The zero-order valence-corrected chi connectivity index (χ0v) is 18.3. The summed E-state index contributed by atoms with van der Waals surface area (Å²) in [5.41, 5.74) is 1.56. The van der Waals surface area contributed by atoms with E-state index in [-0.39, 0.29) is 23.1 Å². The zero-order chi connectivity index (χ0) is 22.4. The largest absolute Gasteiger partial charge is 0.464 e. The Labute approximate surface area is 189 Å². The van der Waals surface area contributed by atoms with Crippen molar-refractivity contribution < 1.29 is 23.9 Å². The summed E-state index contributed by atoms with van der Waals surface area (Å²) in [6.07, 6.45) is 0.948. The van der Waals surface area contributed by atoms with E-state index in [2.05, 4.69) is 0 Å². The number of amides is 3. The number of esters is 1. The van der Waals surface area contributed by atoms with E-state index in [0.29, 0.717) is 24.0 Å². The van der Waals surface area contributed by atoms with Gasteiger partial charge in [-0.1, -0.05) is 42.5 Å². The average Bonchev–Trinajstić information content (AvgIpc) is 3.32. The van der Waals surface area contributed by atoms with E-state index in [0.717, 1.165) is 10.5 Å². The number of ether oxygens (including phenoxy) is 1. The number of fused-ring (bicyclic) bond motifs is 2. The first kappa shape index (κ1) is 20.8. The highest BCUT2D eigenvalue weighted by Crippen LogP contribution is 2.50. The van der Waals surface area contributed by atoms with Crippen LogP contribution < -0.4 is 0 Å². The van der Waals surface area contributed by atoms with E-state index in [9.17, 15) is 19.2 Å². The van der Waals surface area contributed by atoms with Crippen molar-refractivity contribution in [1.29, 1.82) is 0 Å². The van der Waals surface area contributed by atoms with E-state index < -0.39 is 29.9 Å². The van der Waals surface area contributed by atoms with Crippen molar-refractivity contribution in [2.24, 2.45) is 0 Å². The second kappa shape index (κ2) is 8.09. The van der Waals surface area contributed by atoms with E-state index in [1.807, 2.05) is 30.3 Å². The van der Waals surface area contributed by atoms with Gasteiger partial charge in [-0.25, -0.2) is 4.79 Å². The SMILES string of the molecule is CCOC(=O)[C@H]1[C@@H](c2ccccc2)S[C@@H]2CC[C@H](N3C(=O)c4ccccc4C3=O)C(=O)N21. The van der Waals surface area contributed by atoms with Gasteiger partial charge in [0.2, 0.25) is 5.91 Å². The van der Waals surface area contributed by atoms with Crippen LogP contribution in [0.4, 0.5) is 0 Å². The molecule has 3 aliphatic rings. The van der Waals surface area contributed by atoms with Gasteiger partial charge >= 0.3 is 5.97 Å². The summed E-state index contributed by atoms with van der Waals surface area (Å²) >= 11 is 1.56. The molecule has 0 unspecified atom stereocenters. The molecule has 8 heteroatoms. The number of thioether (sulfide) groups is 1. The zero-order valence-electron chi connectivity index (χ0n) is 17.5. The Balaban J connectivity index is 1.49. The molecule has 2 aromatic rings. The third kappa shape index (κ3) is 3.12. The van der Waals surface area contributed by atoms with Crippen LogP contribution in [0.1, 0.15) is 51.3 Å². The lowest BCUT2D eigenvalue weighted by molar-refractivity contribution is -0.157. The number of imide groups is 1. The molecule has 0 spiro atoms. The fourth-order valence-electron chi connectivity index (χ4n) is 4.82. The second-order valence-corrected chi connectivity index (χ2v) is 9.31. The summed E-state index contributed by atoms with van der Waals surface area (Å²) in [5, 5.41) is -0.487. The molecule has 164 valence electrons. The highest BCUT2D eigenvalue weighted by Gasteiger charge is 2.55. The Morgan fingerprint density at radius 1 is 0.969 bits per heavy atom. The maximum absolute atomic E-state index is 13.7. The minimum Gasteiger partial charge on any atom is -0.464 e. The van der Waals surface area contributed by atoms with Crippen molar-refractivity contribution >= 4 is 35.5 Å². The Morgan fingerprint density at radius 3 is 2.22 bits per heavy atom. The van der Waals surface area contributed by atoms with Crippen LogP contribution >= 0.6 is 11.8 Å². The maximum Gasteiger partial charge on any atom is 0.330 e. The first-order valence-corrected chi connectivity index (χ1v) is 11.6. The van der Waals surface area contributed by atoms with E-state index in [4.69, 9.17) is 4.74 Å². The van der Waals surface area contributed by atoms with Crippen LogP contribution in [-0.2, 0) is 14.3 Å². The van der Waals surface area contributed by atoms with Crippen molar-refractivity contribution in [3.63, 3.8) is 0 Å². The molecule has 3 heterocycles. The molecule has 2 aromatic carbocycles. The number of benzene rings is 2. The van der Waals surface area contributed by atoms with Gasteiger partial charge in [0.25, 0.3) is 11.8 Å². The molecule has 0 saturated carbocycles. The van der Waals surface area contributed by atoms with Crippen LogP contribution in [0, 0.1) is 0 Å². The first-order valence-electron chi connectivity index (χ1n) is 10.7. The van der Waals surface area contributed by atoms with Crippen molar-refractivity contribution in [3.05, 3.63) is 71.3 Å². The predicted octanol–water partition coefficient (Wildman–Crippen LogP) is 3.02. The number of rotatable bonds is 4. The second-order valence-electron chi connectivity index (χ2n) is 7.98. The highest BCUT2D eigenvalue weighted by molar-refractivity contribution is 8.00. The Hall–Kier alpha value is -3.13. The summed E-state index contributed by atoms with van der Waals surface area (Å²) in [5.74, 6) is -1.75. The van der Waals surface area contributed by atoms with E-state index >= 15 is 0 Å². The molecule has 2 saturated heterocycles. The van der Waals surface area contributed by atoms with Crippen LogP contribution in [-0.4, -0.2) is 57.6 Å². The standard InChI is InChI=1S/C24H22N2O5S/c1-2-31-24(30)19-20(14-8-4-3-5-9-14)32-18-13-12-17(23(29)26(18)19)25-21(27)15-10-6-7-11-16(15)22(25)28/h3-11,17-20H,2,12-13H2,1H3/t17-,18+,19+,20+/m0/s1. The third-order valence-corrected chi connectivity index (χ3v) is 7.82. The third-order valence-electron chi connectivity index (χ3n) is 6.22. The van der Waals surface area contributed by atoms with Gasteiger partial charge in [-0.3, -0.25) is 19.3 Å². The van der Waals surface area contributed by atoms with Gasteiger partial charge < -0.3 is 9.64 Å². The molecule has 7 nitrogen and oxygen atoms in total. The summed E-state index contributed by atoms with van der Waals surface area (Å²) in [7, 11) is 0. The number of carbonyl (C=O) groups is 4. The molecule has 0 bridgehead atoms. The predicted molar refractivity (Wildman–Crippen MR) is 118 cm³/mol. The van der Waals surface area contributed by atoms with Crippen LogP contribution in [0.2, 0.25) is 0 Å². The minimum absolute atomic E-state index is 0.204. The van der Waals surface area contributed by atoms with E-state index in [1.54, 1.807) is 47.9 Å². The molecule has 2 fully saturated rings. The molecular formula is C24H22N2O5S. The molecule has 5 rings (SSSR count). The molecule has 32 heavy (non-hydrogen) atoms. The Bertz CT molecular complexity index is 1070. The topological polar surface area (TPSA) is 84.0 Å². The monoisotopic (exact) mass is 450 g/mol. The average molecular weight is 451 g/mol. The lowest BCUT2D eigenvalue weighted by Gasteiger charge is -2.39. The molecule has 0 aromatic heterocycles. The van der Waals surface area contributed by atoms with Crippen LogP contribution in [0.15, 0.2) is 54.6 Å². The summed E-state index contributed by atoms with van der Waals surface area (Å²) < 4.78 is 5.33. The van der Waals surface area contributed by atoms with Gasteiger partial charge in [0.05, 0.1) is 28.4 Å². The number of hydrogen-bond donors (Lipinski definition) is 0. The Morgan fingerprint density at radius 2 is 1.59 bits per heavy atom. The van der Waals surface area contributed by atoms with E-state index in [1.165, 1.54) is 0 Å². The van der Waals surface area contributed by atoms with Crippen molar-refractivity contribution in [1.82, 2.24) is 9.80 Å². The molecule has 3 aliphatic heterocycles. The number of carbonyl (C=O) groups excluding carboxylic acids is 4. The van der Waals surface area contributed by atoms with Gasteiger partial charge in [-0.15, -0.1) is 11.8 Å². The number of piperidine rings is 1. The lowest BCUT2D eigenvalue weighted by Crippen LogP contribution is -2.59. The normalized spacial score (nSPS) is 26.8. The fraction of sp³-hybridized carbons (Fsp3) is 0.333. The van der Waals surface area contributed by atoms with Crippen LogP contribution in [0.25, 0.3) is 0 Å². The molecular weight excluding hydrogens is 428 g/mol. The minimum atomic E-state index is -0.925. The first-order chi connectivity index (χ1) is 15.5. The summed E-state index contributed by atoms with van der Waals surface area (Å²) in [4.78, 5) is 55.3. The fourth-order valence-corrected chi connectivity index (χ4v) is 6.50.